The number of nitrogens with two attached hydrogens (primary N) is 1. The summed E-state index contributed by atoms with van der Waals surface area (Å²) < 4.78 is 138. The predicted molar refractivity (Wildman–Crippen MR) is 267 cm³/mol. The van der Waals surface area contributed by atoms with Crippen LogP contribution in [0.1, 0.15) is 31.2 Å². The number of hydrogen-bond donors (Lipinski definition) is 2. The molecule has 12 nitrogen and oxygen atoms in total. The van der Waals surface area contributed by atoms with Gasteiger partial charge in [-0.3, -0.25) is 4.79 Å². The quantitative estimate of drug-likeness (QED) is 0.135. The number of benzene rings is 4. The molecule has 3 N–H and O–H groups in total. The van der Waals surface area contributed by atoms with Gasteiger partial charge in [-0.1, -0.05) is 70.7 Å². The lowest BCUT2D eigenvalue weighted by Crippen LogP contribution is -2.28. The van der Waals surface area contributed by atoms with Gasteiger partial charge < -0.3 is 4.74 Å². The molecule has 0 aliphatic carbocycles. The van der Waals surface area contributed by atoms with Gasteiger partial charge in [-0.05, 0) is 121 Å². The minimum Gasteiger partial charge on any atom is -0.381 e. The number of carbonyl (C=O) groups is 1. The van der Waals surface area contributed by atoms with Crippen LogP contribution in [0, 0.1) is 0 Å². The van der Waals surface area contributed by atoms with Crippen LogP contribution in [0.15, 0.2) is 131 Å². The SMILES string of the molecule is C1CCOC1.CC(=O)NS(=O)(=O)c1cccc(-c2ccc(-c3cc(C(F)(F)F)nn3-c3cc(Cl)ccc3Cl)s2)c1.NS(=O)(=O)c1cccc(-c2ccc(-c3cc(C(F)(F)F)nn3-c3cc(Cl)ccc3Cl)s2)c1. The van der Waals surface area contributed by atoms with Crippen LogP contribution in [-0.2, 0) is 41.9 Å². The summed E-state index contributed by atoms with van der Waals surface area (Å²) in [6.45, 7) is 3.08. The van der Waals surface area contributed by atoms with Crippen molar-refractivity contribution < 1.29 is 52.7 Å². The number of ether oxygens (including phenoxy) is 1. The standard InChI is InChI=1S/C22H14Cl2F3N3O3S2.C20H12Cl2F3N3O2S2.C4H8O/c1-12(31)29-35(32,33)15-4-2-3-13(9-15)19-7-8-20(34-19)18-11-21(22(25,26)27)28-30(18)17-10-14(23)5-6-16(17)24;21-12-4-5-14(22)15(9-12)28-16(10-19(27-28)20(23,24)25)18-7-6-17(31-18)11-2-1-3-13(8-11)32(26,29)30;1-2-4-5-3-1/h2-11H,1H3,(H,29,31);1-10H,(H2,26,29,30);1-4H2. The van der Waals surface area contributed by atoms with Crippen LogP contribution < -0.4 is 9.86 Å². The van der Waals surface area contributed by atoms with Gasteiger partial charge in [0.25, 0.3) is 10.0 Å². The number of nitrogens with one attached hydrogen (secondary N) is 1. The Labute approximate surface area is 435 Å². The Morgan fingerprint density at radius 3 is 1.42 bits per heavy atom. The molecule has 0 radical (unpaired) electrons. The van der Waals surface area contributed by atoms with E-state index in [1.54, 1.807) is 36.4 Å². The normalized spacial score (nSPS) is 13.0. The molecule has 1 saturated heterocycles. The first-order chi connectivity index (χ1) is 33.8. The molecule has 26 heteroatoms. The maximum absolute atomic E-state index is 13.5. The van der Waals surface area contributed by atoms with Gasteiger partial charge in [0, 0.05) is 39.9 Å². The van der Waals surface area contributed by atoms with Crippen LogP contribution in [-0.4, -0.2) is 55.5 Å². The summed E-state index contributed by atoms with van der Waals surface area (Å²) in [5.41, 5.74) is -0.512. The third-order valence-electron chi connectivity index (χ3n) is 9.97. The predicted octanol–water partition coefficient (Wildman–Crippen LogP) is 13.5. The zero-order valence-corrected chi connectivity index (χ0v) is 42.9. The van der Waals surface area contributed by atoms with E-state index in [1.165, 1.54) is 85.6 Å². The Morgan fingerprint density at radius 1 is 0.611 bits per heavy atom. The molecule has 0 bridgehead atoms. The highest BCUT2D eigenvalue weighted by Gasteiger charge is 2.37. The molecule has 1 aliphatic rings. The Kier molecular flexibility index (Phi) is 16.7. The van der Waals surface area contributed by atoms with Gasteiger partial charge in [0.1, 0.15) is 0 Å². The first kappa shape index (κ1) is 54.5. The molecule has 8 aromatic rings. The smallest absolute Gasteiger partial charge is 0.381 e. The Morgan fingerprint density at radius 2 is 1.03 bits per heavy atom. The number of carbonyl (C=O) groups excluding carboxylic acids is 1. The van der Waals surface area contributed by atoms with E-state index in [2.05, 4.69) is 10.2 Å². The number of thiophene rings is 2. The molecule has 9 rings (SSSR count). The van der Waals surface area contributed by atoms with E-state index >= 15 is 0 Å². The summed E-state index contributed by atoms with van der Waals surface area (Å²) in [5, 5.41) is 13.5. The number of alkyl halides is 6. The number of aromatic nitrogens is 4. The number of nitrogens with zero attached hydrogens (tertiary/aromatic N) is 4. The van der Waals surface area contributed by atoms with Crippen molar-refractivity contribution in [1.29, 1.82) is 0 Å². The van der Waals surface area contributed by atoms with Gasteiger partial charge in [-0.2, -0.15) is 36.5 Å². The summed E-state index contributed by atoms with van der Waals surface area (Å²) in [4.78, 5) is 13.1. The third kappa shape index (κ3) is 13.3. The van der Waals surface area contributed by atoms with Gasteiger partial charge >= 0.3 is 12.4 Å². The monoisotopic (exact) mass is 1150 g/mol. The highest BCUT2D eigenvalue weighted by atomic mass is 35.5. The number of amides is 1. The molecular weight excluding hydrogens is 1120 g/mol. The van der Waals surface area contributed by atoms with Gasteiger partial charge in [0.15, 0.2) is 11.4 Å². The molecule has 0 atom stereocenters. The zero-order valence-electron chi connectivity index (χ0n) is 36.6. The number of hydrogen-bond acceptors (Lipinski definition) is 10. The van der Waals surface area contributed by atoms with Crippen LogP contribution >= 0.6 is 69.1 Å². The average molecular weight is 1150 g/mol. The average Bonchev–Trinajstić information content (AvgIpc) is 4.17. The highest BCUT2D eigenvalue weighted by molar-refractivity contribution is 7.90. The minimum atomic E-state index is -4.70. The zero-order chi connectivity index (χ0) is 52.3. The van der Waals surface area contributed by atoms with E-state index in [-0.39, 0.29) is 52.6 Å². The summed E-state index contributed by atoms with van der Waals surface area (Å²) in [5.74, 6) is -0.734. The topological polar surface area (TPSA) is 168 Å². The van der Waals surface area contributed by atoms with E-state index < -0.39 is 49.7 Å². The molecule has 72 heavy (non-hydrogen) atoms. The van der Waals surface area contributed by atoms with Crippen LogP contribution in [0.2, 0.25) is 20.1 Å². The molecule has 1 aliphatic heterocycles. The van der Waals surface area contributed by atoms with Crippen LogP contribution in [0.5, 0.6) is 0 Å². The van der Waals surface area contributed by atoms with Gasteiger partial charge in [0.2, 0.25) is 15.9 Å². The minimum absolute atomic E-state index is 0.0694. The first-order valence-corrected chi connectivity index (χ1v) is 26.8. The molecule has 378 valence electrons. The van der Waals surface area contributed by atoms with Crippen molar-refractivity contribution in [2.75, 3.05) is 13.2 Å². The lowest BCUT2D eigenvalue weighted by atomic mass is 10.2. The molecule has 4 aromatic heterocycles. The Balaban J connectivity index is 0.000000193. The fraction of sp³-hybridized carbons (Fsp3) is 0.152. The van der Waals surface area contributed by atoms with Gasteiger partial charge in [-0.25, -0.2) is 36.1 Å². The van der Waals surface area contributed by atoms with Gasteiger partial charge in [-0.15, -0.1) is 22.7 Å². The third-order valence-corrected chi connectivity index (χ3v) is 15.7. The summed E-state index contributed by atoms with van der Waals surface area (Å²) in [6, 6.07) is 29.0. The second-order valence-corrected chi connectivity index (χ2v) is 22.3. The lowest BCUT2D eigenvalue weighted by Gasteiger charge is -2.09. The van der Waals surface area contributed by atoms with Crippen LogP contribution in [0.25, 0.3) is 53.4 Å². The maximum Gasteiger partial charge on any atom is 0.435 e. The molecule has 0 spiro atoms. The van der Waals surface area contributed by atoms with Crippen LogP contribution in [0.3, 0.4) is 0 Å². The molecule has 1 amide bonds. The van der Waals surface area contributed by atoms with Crippen molar-refractivity contribution >= 4 is 95.0 Å². The molecule has 5 heterocycles. The van der Waals surface area contributed by atoms with Crippen molar-refractivity contribution in [2.45, 2.75) is 41.9 Å². The lowest BCUT2D eigenvalue weighted by molar-refractivity contribution is -0.142. The number of rotatable bonds is 9. The highest BCUT2D eigenvalue weighted by Crippen LogP contribution is 2.42. The second-order valence-electron chi connectivity index (χ2n) is 15.2. The fourth-order valence-electron chi connectivity index (χ4n) is 6.72. The Hall–Kier alpha value is -5.27. The van der Waals surface area contributed by atoms with Crippen LogP contribution in [0.4, 0.5) is 26.3 Å². The Bertz CT molecular complexity index is 3510. The van der Waals surface area contributed by atoms with E-state index in [0.29, 0.717) is 30.6 Å². The number of primary sulfonamides is 1. The van der Waals surface area contributed by atoms with Crippen molar-refractivity contribution in [1.82, 2.24) is 24.3 Å². The molecular formula is C46H34Cl4F6N6O6S4. The fourth-order valence-corrected chi connectivity index (χ4v) is 11.0. The molecule has 0 unspecified atom stereocenters. The maximum atomic E-state index is 13.5. The number of sulfonamides is 2. The summed E-state index contributed by atoms with van der Waals surface area (Å²) >= 11 is 26.8. The van der Waals surface area contributed by atoms with E-state index in [0.717, 1.165) is 64.3 Å². The van der Waals surface area contributed by atoms with Crippen molar-refractivity contribution in [3.8, 4) is 53.4 Å². The van der Waals surface area contributed by atoms with E-state index in [4.69, 9.17) is 56.3 Å². The molecule has 4 aromatic carbocycles. The largest absolute Gasteiger partial charge is 0.435 e. The molecule has 0 saturated carbocycles. The van der Waals surface area contributed by atoms with E-state index in [9.17, 15) is 48.0 Å². The van der Waals surface area contributed by atoms with Crippen molar-refractivity contribution in [2.24, 2.45) is 5.14 Å². The summed E-state index contributed by atoms with van der Waals surface area (Å²) in [6.07, 6.45) is -6.81. The summed E-state index contributed by atoms with van der Waals surface area (Å²) in [7, 11) is -7.97. The van der Waals surface area contributed by atoms with Crippen molar-refractivity contribution in [3.05, 3.63) is 153 Å². The first-order valence-electron chi connectivity index (χ1n) is 20.6. The van der Waals surface area contributed by atoms with E-state index in [1.807, 2.05) is 4.72 Å². The van der Waals surface area contributed by atoms with Gasteiger partial charge in [0.05, 0.1) is 52.4 Å². The number of halogens is 10. The second kappa shape index (κ2) is 22.1. The molecule has 1 fully saturated rings. The van der Waals surface area contributed by atoms with Crippen molar-refractivity contribution in [3.63, 3.8) is 0 Å².